The molecule has 17 heavy (non-hydrogen) atoms. The van der Waals surface area contributed by atoms with Crippen LogP contribution in [0.3, 0.4) is 0 Å². The van der Waals surface area contributed by atoms with Gasteiger partial charge in [-0.25, -0.2) is 4.98 Å². The molecule has 0 fully saturated rings. The van der Waals surface area contributed by atoms with Gasteiger partial charge in [-0.05, 0) is 19.3 Å². The van der Waals surface area contributed by atoms with Gasteiger partial charge in [-0.2, -0.15) is 0 Å². The normalized spacial score (nSPS) is 10.2. The molecule has 0 amide bonds. The summed E-state index contributed by atoms with van der Waals surface area (Å²) in [5.41, 5.74) is -0.226. The fourth-order valence-corrected chi connectivity index (χ4v) is 1.73. The monoisotopic (exact) mass is 256 g/mol. The third-order valence-electron chi connectivity index (χ3n) is 2.46. The molecule has 1 rings (SSSR count). The highest BCUT2D eigenvalue weighted by Crippen LogP contribution is 2.14. The number of rotatable bonds is 7. The molecule has 4 nitrogen and oxygen atoms in total. The lowest BCUT2D eigenvalue weighted by molar-refractivity contribution is 0.398. The standard InChI is InChI=1S/C12H17ClN2O2/c1-3-4-5-6-7-8-15-9-14-11(13)10(17-2)12(15)16/h3,9H,1,4-8H2,2H3. The van der Waals surface area contributed by atoms with Crippen LogP contribution in [0.25, 0.3) is 0 Å². The van der Waals surface area contributed by atoms with E-state index in [1.54, 1.807) is 0 Å². The van der Waals surface area contributed by atoms with Crippen molar-refractivity contribution in [1.82, 2.24) is 9.55 Å². The second kappa shape index (κ2) is 7.12. The van der Waals surface area contributed by atoms with Crippen LogP contribution in [0.4, 0.5) is 0 Å². The SMILES string of the molecule is C=CCCCCCn1cnc(Cl)c(OC)c1=O. The maximum absolute atomic E-state index is 11.8. The summed E-state index contributed by atoms with van der Waals surface area (Å²) in [5, 5.41) is 0.111. The molecule has 0 spiro atoms. The topological polar surface area (TPSA) is 44.1 Å². The number of aromatic nitrogens is 2. The average Bonchev–Trinajstić information content (AvgIpc) is 2.32. The molecule has 0 radical (unpaired) electrons. The van der Waals surface area contributed by atoms with E-state index in [9.17, 15) is 4.79 Å². The lowest BCUT2D eigenvalue weighted by Gasteiger charge is -2.07. The molecule has 0 aliphatic rings. The number of methoxy groups -OCH3 is 1. The highest BCUT2D eigenvalue weighted by molar-refractivity contribution is 6.30. The molecule has 94 valence electrons. The van der Waals surface area contributed by atoms with Crippen LogP contribution >= 0.6 is 11.6 Å². The van der Waals surface area contributed by atoms with Gasteiger partial charge < -0.3 is 4.74 Å². The van der Waals surface area contributed by atoms with Gasteiger partial charge in [0.25, 0.3) is 5.56 Å². The molecule has 0 atom stereocenters. The summed E-state index contributed by atoms with van der Waals surface area (Å²) >= 11 is 5.74. The summed E-state index contributed by atoms with van der Waals surface area (Å²) < 4.78 is 6.45. The summed E-state index contributed by atoms with van der Waals surface area (Å²) in [6, 6.07) is 0. The molecule has 0 aromatic carbocycles. The van der Waals surface area contributed by atoms with Crippen molar-refractivity contribution in [3.05, 3.63) is 34.5 Å². The number of unbranched alkanes of at least 4 members (excludes halogenated alkanes) is 3. The minimum absolute atomic E-state index is 0.111. The molecule has 1 aromatic heterocycles. The first-order valence-corrected chi connectivity index (χ1v) is 5.98. The highest BCUT2D eigenvalue weighted by atomic mass is 35.5. The molecule has 0 aliphatic carbocycles. The summed E-state index contributed by atoms with van der Waals surface area (Å²) in [4.78, 5) is 15.8. The van der Waals surface area contributed by atoms with Crippen LogP contribution in [0.5, 0.6) is 5.75 Å². The van der Waals surface area contributed by atoms with Gasteiger partial charge >= 0.3 is 0 Å². The predicted octanol–water partition coefficient (Wildman–Crippen LogP) is 2.65. The Hall–Kier alpha value is -1.29. The Morgan fingerprint density at radius 1 is 1.53 bits per heavy atom. The summed E-state index contributed by atoms with van der Waals surface area (Å²) in [6.07, 6.45) is 7.46. The van der Waals surface area contributed by atoms with Gasteiger partial charge in [0.05, 0.1) is 13.4 Å². The molecule has 1 heterocycles. The number of ether oxygens (including phenoxy) is 1. The zero-order valence-electron chi connectivity index (χ0n) is 9.99. The Labute approximate surface area is 106 Å². The van der Waals surface area contributed by atoms with Crippen LogP contribution in [-0.4, -0.2) is 16.7 Å². The van der Waals surface area contributed by atoms with E-state index in [1.807, 2.05) is 6.08 Å². The molecule has 0 N–H and O–H groups in total. The van der Waals surface area contributed by atoms with Crippen molar-refractivity contribution in [1.29, 1.82) is 0 Å². The molecule has 0 aliphatic heterocycles. The minimum Gasteiger partial charge on any atom is -0.489 e. The molecule has 0 unspecified atom stereocenters. The van der Waals surface area contributed by atoms with Gasteiger partial charge in [-0.1, -0.05) is 24.1 Å². The van der Waals surface area contributed by atoms with Gasteiger partial charge in [0.1, 0.15) is 0 Å². The highest BCUT2D eigenvalue weighted by Gasteiger charge is 2.09. The van der Waals surface area contributed by atoms with E-state index >= 15 is 0 Å². The van der Waals surface area contributed by atoms with Crippen molar-refractivity contribution in [2.24, 2.45) is 0 Å². The summed E-state index contributed by atoms with van der Waals surface area (Å²) in [5.74, 6) is 0.111. The lowest BCUT2D eigenvalue weighted by atomic mass is 10.2. The molecule has 0 saturated heterocycles. The first-order chi connectivity index (χ1) is 8.20. The number of allylic oxidation sites excluding steroid dienone is 1. The summed E-state index contributed by atoms with van der Waals surface area (Å²) in [7, 11) is 1.42. The van der Waals surface area contributed by atoms with E-state index < -0.39 is 0 Å². The number of hydrogen-bond acceptors (Lipinski definition) is 3. The molecule has 5 heteroatoms. The van der Waals surface area contributed by atoms with Crippen molar-refractivity contribution in [3.63, 3.8) is 0 Å². The van der Waals surface area contributed by atoms with Crippen LogP contribution in [0.1, 0.15) is 25.7 Å². The largest absolute Gasteiger partial charge is 0.489 e. The number of aryl methyl sites for hydroxylation is 1. The Kier molecular flexibility index (Phi) is 5.77. The van der Waals surface area contributed by atoms with Crippen molar-refractivity contribution in [3.8, 4) is 5.75 Å². The van der Waals surface area contributed by atoms with Gasteiger partial charge in [-0.15, -0.1) is 6.58 Å². The maximum atomic E-state index is 11.8. The van der Waals surface area contributed by atoms with E-state index in [1.165, 1.54) is 18.0 Å². The third-order valence-corrected chi connectivity index (χ3v) is 2.73. The number of halogens is 1. The minimum atomic E-state index is -0.226. The van der Waals surface area contributed by atoms with Crippen LogP contribution in [0.2, 0.25) is 5.15 Å². The van der Waals surface area contributed by atoms with Crippen molar-refractivity contribution in [2.75, 3.05) is 7.11 Å². The van der Waals surface area contributed by atoms with Gasteiger partial charge in [0.15, 0.2) is 5.15 Å². The molecular weight excluding hydrogens is 240 g/mol. The predicted molar refractivity (Wildman–Crippen MR) is 68.7 cm³/mol. The summed E-state index contributed by atoms with van der Waals surface area (Å²) in [6.45, 7) is 4.30. The zero-order chi connectivity index (χ0) is 12.7. The van der Waals surface area contributed by atoms with Gasteiger partial charge in [0.2, 0.25) is 5.75 Å². The smallest absolute Gasteiger partial charge is 0.297 e. The third kappa shape index (κ3) is 3.89. The quantitative estimate of drug-likeness (QED) is 0.428. The molecular formula is C12H17ClN2O2. The second-order valence-electron chi connectivity index (χ2n) is 3.71. The fourth-order valence-electron chi connectivity index (χ4n) is 1.53. The van der Waals surface area contributed by atoms with Crippen LogP contribution < -0.4 is 10.3 Å². The Morgan fingerprint density at radius 3 is 2.94 bits per heavy atom. The Bertz CT molecular complexity index is 429. The van der Waals surface area contributed by atoms with Crippen molar-refractivity contribution in [2.45, 2.75) is 32.2 Å². The number of nitrogens with zero attached hydrogens (tertiary/aromatic N) is 2. The van der Waals surface area contributed by atoms with E-state index in [-0.39, 0.29) is 16.5 Å². The zero-order valence-corrected chi connectivity index (χ0v) is 10.7. The molecule has 0 saturated carbocycles. The fraction of sp³-hybridized carbons (Fsp3) is 0.500. The molecule has 0 bridgehead atoms. The average molecular weight is 257 g/mol. The van der Waals surface area contributed by atoms with Crippen LogP contribution in [0.15, 0.2) is 23.8 Å². The van der Waals surface area contributed by atoms with Crippen LogP contribution in [0, 0.1) is 0 Å². The molecule has 1 aromatic rings. The van der Waals surface area contributed by atoms with E-state index in [0.29, 0.717) is 6.54 Å². The van der Waals surface area contributed by atoms with E-state index in [2.05, 4.69) is 11.6 Å². The first-order valence-electron chi connectivity index (χ1n) is 5.60. The Balaban J connectivity index is 2.60. The number of hydrogen-bond donors (Lipinski definition) is 0. The first kappa shape index (κ1) is 13.8. The maximum Gasteiger partial charge on any atom is 0.297 e. The Morgan fingerprint density at radius 2 is 2.29 bits per heavy atom. The van der Waals surface area contributed by atoms with Crippen molar-refractivity contribution < 1.29 is 4.74 Å². The van der Waals surface area contributed by atoms with E-state index in [0.717, 1.165) is 25.7 Å². The van der Waals surface area contributed by atoms with Gasteiger partial charge in [-0.3, -0.25) is 9.36 Å². The lowest BCUT2D eigenvalue weighted by Crippen LogP contribution is -2.22. The van der Waals surface area contributed by atoms with Gasteiger partial charge in [0, 0.05) is 6.54 Å². The second-order valence-corrected chi connectivity index (χ2v) is 4.06. The van der Waals surface area contributed by atoms with E-state index in [4.69, 9.17) is 16.3 Å². The van der Waals surface area contributed by atoms with Crippen LogP contribution in [-0.2, 0) is 6.54 Å². The van der Waals surface area contributed by atoms with Crippen molar-refractivity contribution >= 4 is 11.6 Å².